The van der Waals surface area contributed by atoms with Crippen molar-refractivity contribution in [3.05, 3.63) is 72.5 Å². The Morgan fingerprint density at radius 3 is 2.70 bits per heavy atom. The number of fused-ring (bicyclic) bond motifs is 1. The van der Waals surface area contributed by atoms with Crippen molar-refractivity contribution in [1.29, 1.82) is 0 Å². The third kappa shape index (κ3) is 3.95. The Hall–Kier alpha value is -3.26. The Balaban J connectivity index is 1.49. The highest BCUT2D eigenvalue weighted by atomic mass is 32.2. The van der Waals surface area contributed by atoms with Gasteiger partial charge in [-0.2, -0.15) is 9.61 Å². The highest BCUT2D eigenvalue weighted by Gasteiger charge is 2.12. The van der Waals surface area contributed by atoms with Crippen LogP contribution in [0.2, 0.25) is 0 Å². The van der Waals surface area contributed by atoms with E-state index in [1.54, 1.807) is 16.6 Å². The minimum atomic E-state index is -0.401. The summed E-state index contributed by atoms with van der Waals surface area (Å²) in [4.78, 5) is 12.1. The largest absolute Gasteiger partial charge is 0.325 e. The maximum absolute atomic E-state index is 13.2. The van der Waals surface area contributed by atoms with Crippen molar-refractivity contribution >= 4 is 29.0 Å². The number of aromatic nitrogens is 4. The molecule has 0 saturated heterocycles. The Morgan fingerprint density at radius 1 is 1.04 bits per heavy atom. The topological polar surface area (TPSA) is 72.2 Å². The first-order valence-corrected chi connectivity index (χ1v) is 9.14. The smallest absolute Gasteiger partial charge is 0.234 e. The number of nitrogens with one attached hydrogen (secondary N) is 1. The molecular formula is C19H14FN5OS. The monoisotopic (exact) mass is 379 g/mol. The fourth-order valence-electron chi connectivity index (χ4n) is 2.52. The molecule has 2 heterocycles. The molecule has 0 radical (unpaired) electrons. The predicted octanol–water partition coefficient (Wildman–Crippen LogP) is 3.66. The maximum Gasteiger partial charge on any atom is 0.234 e. The number of amides is 1. The Bertz CT molecular complexity index is 1100. The average molecular weight is 379 g/mol. The second-order valence-corrected chi connectivity index (χ2v) is 6.63. The fourth-order valence-corrected chi connectivity index (χ4v) is 3.20. The minimum Gasteiger partial charge on any atom is -0.325 e. The SMILES string of the molecule is O=C(CSc1nnc2ccc(-c3ccccc3)nn12)Nc1cccc(F)c1. The molecule has 2 aromatic carbocycles. The fraction of sp³-hybridized carbons (Fsp3) is 0.0526. The summed E-state index contributed by atoms with van der Waals surface area (Å²) in [6.07, 6.45) is 0. The first kappa shape index (κ1) is 17.2. The van der Waals surface area contributed by atoms with Gasteiger partial charge in [-0.1, -0.05) is 48.2 Å². The zero-order valence-electron chi connectivity index (χ0n) is 14.0. The molecule has 0 unspecified atom stereocenters. The summed E-state index contributed by atoms with van der Waals surface area (Å²) >= 11 is 1.21. The van der Waals surface area contributed by atoms with Crippen LogP contribution in [0.3, 0.4) is 0 Å². The van der Waals surface area contributed by atoms with Gasteiger partial charge in [0, 0.05) is 11.3 Å². The third-order valence-electron chi connectivity index (χ3n) is 3.74. The molecule has 4 rings (SSSR count). The van der Waals surface area contributed by atoms with Crippen LogP contribution in [0.4, 0.5) is 10.1 Å². The number of nitrogens with zero attached hydrogens (tertiary/aromatic N) is 4. The molecule has 0 aliphatic heterocycles. The molecule has 1 amide bonds. The number of carbonyl (C=O) groups is 1. The van der Waals surface area contributed by atoms with Crippen molar-refractivity contribution in [3.8, 4) is 11.3 Å². The van der Waals surface area contributed by atoms with Gasteiger partial charge < -0.3 is 5.32 Å². The van der Waals surface area contributed by atoms with Gasteiger partial charge in [0.1, 0.15) is 5.82 Å². The molecular weight excluding hydrogens is 365 g/mol. The molecule has 6 nitrogen and oxygen atoms in total. The van der Waals surface area contributed by atoms with E-state index >= 15 is 0 Å². The first-order chi connectivity index (χ1) is 13.2. The molecule has 0 saturated carbocycles. The van der Waals surface area contributed by atoms with Gasteiger partial charge in [0.2, 0.25) is 11.1 Å². The first-order valence-electron chi connectivity index (χ1n) is 8.15. The standard InChI is InChI=1S/C19H14FN5OS/c20-14-7-4-8-15(11-14)21-18(26)12-27-19-23-22-17-10-9-16(24-25(17)19)13-5-2-1-3-6-13/h1-11H,12H2,(H,21,26). The number of thioether (sulfide) groups is 1. The maximum atomic E-state index is 13.2. The molecule has 2 aromatic heterocycles. The summed E-state index contributed by atoms with van der Waals surface area (Å²) in [6, 6.07) is 19.2. The van der Waals surface area contributed by atoms with Crippen molar-refractivity contribution < 1.29 is 9.18 Å². The van der Waals surface area contributed by atoms with E-state index in [1.807, 2.05) is 42.5 Å². The lowest BCUT2D eigenvalue weighted by Gasteiger charge is -2.05. The van der Waals surface area contributed by atoms with E-state index in [2.05, 4.69) is 20.6 Å². The van der Waals surface area contributed by atoms with E-state index in [4.69, 9.17) is 0 Å². The van der Waals surface area contributed by atoms with E-state index in [9.17, 15) is 9.18 Å². The van der Waals surface area contributed by atoms with Gasteiger partial charge >= 0.3 is 0 Å². The van der Waals surface area contributed by atoms with Crippen LogP contribution >= 0.6 is 11.8 Å². The number of hydrogen-bond donors (Lipinski definition) is 1. The summed E-state index contributed by atoms with van der Waals surface area (Å²) in [5.74, 6) is -0.558. The molecule has 0 bridgehead atoms. The van der Waals surface area contributed by atoms with Gasteiger partial charge in [0.25, 0.3) is 0 Å². The van der Waals surface area contributed by atoms with Crippen molar-refractivity contribution in [3.63, 3.8) is 0 Å². The minimum absolute atomic E-state index is 0.106. The highest BCUT2D eigenvalue weighted by Crippen LogP contribution is 2.20. The van der Waals surface area contributed by atoms with E-state index in [0.717, 1.165) is 11.3 Å². The van der Waals surface area contributed by atoms with Gasteiger partial charge in [-0.3, -0.25) is 4.79 Å². The number of rotatable bonds is 5. The normalized spacial score (nSPS) is 10.9. The molecule has 1 N–H and O–H groups in total. The number of hydrogen-bond acceptors (Lipinski definition) is 5. The van der Waals surface area contributed by atoms with Crippen LogP contribution in [-0.4, -0.2) is 31.5 Å². The van der Waals surface area contributed by atoms with Crippen molar-refractivity contribution in [1.82, 2.24) is 19.8 Å². The molecule has 8 heteroatoms. The number of carbonyl (C=O) groups excluding carboxylic acids is 1. The van der Waals surface area contributed by atoms with Crippen LogP contribution in [0.25, 0.3) is 16.9 Å². The number of halogens is 1. The van der Waals surface area contributed by atoms with E-state index in [-0.39, 0.29) is 11.7 Å². The molecule has 0 fully saturated rings. The summed E-state index contributed by atoms with van der Waals surface area (Å²) in [5.41, 5.74) is 2.78. The van der Waals surface area contributed by atoms with Crippen LogP contribution in [0, 0.1) is 5.82 Å². The second-order valence-electron chi connectivity index (χ2n) is 5.68. The van der Waals surface area contributed by atoms with E-state index in [0.29, 0.717) is 16.5 Å². The predicted molar refractivity (Wildman–Crippen MR) is 102 cm³/mol. The lowest BCUT2D eigenvalue weighted by molar-refractivity contribution is -0.113. The Kier molecular flexibility index (Phi) is 4.80. The van der Waals surface area contributed by atoms with Crippen LogP contribution in [-0.2, 0) is 4.79 Å². The van der Waals surface area contributed by atoms with Crippen LogP contribution in [0.5, 0.6) is 0 Å². The van der Waals surface area contributed by atoms with Crippen molar-refractivity contribution in [2.45, 2.75) is 5.16 Å². The van der Waals surface area contributed by atoms with Gasteiger partial charge in [-0.25, -0.2) is 4.39 Å². The molecule has 134 valence electrons. The lowest BCUT2D eigenvalue weighted by Crippen LogP contribution is -2.14. The van der Waals surface area contributed by atoms with Crippen molar-refractivity contribution in [2.24, 2.45) is 0 Å². The van der Waals surface area contributed by atoms with Gasteiger partial charge in [-0.05, 0) is 30.3 Å². The average Bonchev–Trinajstić information content (AvgIpc) is 3.09. The summed E-state index contributed by atoms with van der Waals surface area (Å²) in [6.45, 7) is 0. The van der Waals surface area contributed by atoms with E-state index < -0.39 is 5.82 Å². The molecule has 0 aliphatic rings. The van der Waals surface area contributed by atoms with Crippen LogP contribution < -0.4 is 5.32 Å². The van der Waals surface area contributed by atoms with Crippen LogP contribution in [0.1, 0.15) is 0 Å². The quantitative estimate of drug-likeness (QED) is 0.536. The molecule has 0 aliphatic carbocycles. The number of anilines is 1. The highest BCUT2D eigenvalue weighted by molar-refractivity contribution is 7.99. The van der Waals surface area contributed by atoms with Gasteiger partial charge in [0.15, 0.2) is 5.65 Å². The van der Waals surface area contributed by atoms with Crippen molar-refractivity contribution in [2.75, 3.05) is 11.1 Å². The van der Waals surface area contributed by atoms with Crippen LogP contribution in [0.15, 0.2) is 71.9 Å². The molecule has 0 atom stereocenters. The Labute approximate surface area is 158 Å². The second kappa shape index (κ2) is 7.55. The summed E-state index contributed by atoms with van der Waals surface area (Å²) < 4.78 is 14.8. The lowest BCUT2D eigenvalue weighted by atomic mass is 10.1. The molecule has 27 heavy (non-hydrogen) atoms. The molecule has 4 aromatic rings. The summed E-state index contributed by atoms with van der Waals surface area (Å²) in [7, 11) is 0. The van der Waals surface area contributed by atoms with Gasteiger partial charge in [-0.15, -0.1) is 10.2 Å². The zero-order valence-corrected chi connectivity index (χ0v) is 14.9. The zero-order chi connectivity index (χ0) is 18.6. The van der Waals surface area contributed by atoms with E-state index in [1.165, 1.54) is 23.9 Å². The van der Waals surface area contributed by atoms with Gasteiger partial charge in [0.05, 0.1) is 11.4 Å². The molecule has 0 spiro atoms. The third-order valence-corrected chi connectivity index (χ3v) is 4.66. The Morgan fingerprint density at radius 2 is 1.89 bits per heavy atom. The number of benzene rings is 2. The summed E-state index contributed by atoms with van der Waals surface area (Å²) in [5, 5.41) is 15.9.